The van der Waals surface area contributed by atoms with E-state index >= 15 is 0 Å². The number of nitrogens with zero attached hydrogens (tertiary/aromatic N) is 3. The Labute approximate surface area is 118 Å². The van der Waals surface area contributed by atoms with Crippen molar-refractivity contribution in [3.05, 3.63) is 34.2 Å². The molecule has 2 N–H and O–H groups in total. The van der Waals surface area contributed by atoms with Gasteiger partial charge in [-0.05, 0) is 28.4 Å². The predicted octanol–water partition coefficient (Wildman–Crippen LogP) is 2.58. The van der Waals surface area contributed by atoms with Crippen molar-refractivity contribution in [1.29, 1.82) is 0 Å². The maximum atomic E-state index is 11.2. The minimum Gasteiger partial charge on any atom is -0.478 e. The van der Waals surface area contributed by atoms with Crippen LogP contribution in [0.1, 0.15) is 23.0 Å². The summed E-state index contributed by atoms with van der Waals surface area (Å²) in [5.41, 5.74) is 1.74. The summed E-state index contributed by atoms with van der Waals surface area (Å²) in [6.45, 7) is 1.99. The third-order valence-electron chi connectivity index (χ3n) is 2.58. The third-order valence-corrected chi connectivity index (χ3v) is 3.01. The van der Waals surface area contributed by atoms with Gasteiger partial charge < -0.3 is 10.4 Å². The lowest BCUT2D eigenvalue weighted by Gasteiger charge is -2.08. The maximum absolute atomic E-state index is 11.2. The Morgan fingerprint density at radius 1 is 1.58 bits per heavy atom. The molecule has 0 bridgehead atoms. The fourth-order valence-electron chi connectivity index (χ4n) is 1.73. The summed E-state index contributed by atoms with van der Waals surface area (Å²) < 4.78 is 2.30. The van der Waals surface area contributed by atoms with Crippen molar-refractivity contribution in [2.75, 3.05) is 5.32 Å². The number of carboxylic acids is 1. The van der Waals surface area contributed by atoms with Crippen LogP contribution in [0.5, 0.6) is 0 Å². The Morgan fingerprint density at radius 2 is 2.32 bits per heavy atom. The molecule has 2 heterocycles. The van der Waals surface area contributed by atoms with Gasteiger partial charge in [-0.1, -0.05) is 6.92 Å². The van der Waals surface area contributed by atoms with Crippen LogP contribution >= 0.6 is 15.9 Å². The highest BCUT2D eigenvalue weighted by Gasteiger charge is 2.14. The maximum Gasteiger partial charge on any atom is 0.339 e. The van der Waals surface area contributed by atoms with Crippen LogP contribution in [0.3, 0.4) is 0 Å². The second-order valence-electron chi connectivity index (χ2n) is 4.00. The minimum absolute atomic E-state index is 0.111. The van der Waals surface area contributed by atoms with Crippen LogP contribution in [0, 0.1) is 0 Å². The van der Waals surface area contributed by atoms with E-state index in [4.69, 9.17) is 0 Å². The molecule has 0 aromatic carbocycles. The molecule has 0 unspecified atom stereocenters. The third kappa shape index (κ3) is 2.93. The molecule has 2 rings (SSSR count). The molecule has 0 atom stereocenters. The molecule has 19 heavy (non-hydrogen) atoms. The summed E-state index contributed by atoms with van der Waals surface area (Å²) in [7, 11) is 1.82. The molecular formula is C12H13BrN4O2. The van der Waals surface area contributed by atoms with Gasteiger partial charge in [0, 0.05) is 23.9 Å². The first kappa shape index (κ1) is 13.5. The number of pyridine rings is 1. The average molecular weight is 325 g/mol. The lowest BCUT2D eigenvalue weighted by atomic mass is 10.2. The Bertz CT molecular complexity index is 624. The number of hydrogen-bond acceptors (Lipinski definition) is 4. The summed E-state index contributed by atoms with van der Waals surface area (Å²) in [6, 6.07) is 1.51. The summed E-state index contributed by atoms with van der Waals surface area (Å²) in [6.07, 6.45) is 4.10. The Balaban J connectivity index is 2.40. The average Bonchev–Trinajstić information content (AvgIpc) is 2.71. The Kier molecular flexibility index (Phi) is 3.84. The van der Waals surface area contributed by atoms with Crippen LogP contribution in [0.15, 0.2) is 22.9 Å². The lowest BCUT2D eigenvalue weighted by molar-refractivity contribution is 0.0697. The first-order valence-electron chi connectivity index (χ1n) is 5.69. The van der Waals surface area contributed by atoms with Crippen molar-refractivity contribution in [3.63, 3.8) is 0 Å². The zero-order valence-electron chi connectivity index (χ0n) is 10.5. The quantitative estimate of drug-likeness (QED) is 0.903. The highest BCUT2D eigenvalue weighted by molar-refractivity contribution is 9.10. The van der Waals surface area contributed by atoms with Crippen LogP contribution < -0.4 is 5.32 Å². The number of rotatable bonds is 4. The van der Waals surface area contributed by atoms with Crippen molar-refractivity contribution in [2.45, 2.75) is 13.3 Å². The van der Waals surface area contributed by atoms with E-state index in [1.54, 1.807) is 17.1 Å². The van der Waals surface area contributed by atoms with Crippen LogP contribution in [-0.2, 0) is 13.5 Å². The number of aryl methyl sites for hydroxylation is 2. The van der Waals surface area contributed by atoms with E-state index in [0.29, 0.717) is 10.3 Å². The van der Waals surface area contributed by atoms with Gasteiger partial charge in [-0.3, -0.25) is 4.68 Å². The number of nitrogens with one attached hydrogen (secondary N) is 1. The van der Waals surface area contributed by atoms with E-state index in [1.165, 1.54) is 6.07 Å². The molecule has 0 saturated carbocycles. The van der Waals surface area contributed by atoms with Gasteiger partial charge in [0.1, 0.15) is 11.4 Å². The monoisotopic (exact) mass is 324 g/mol. The second-order valence-corrected chi connectivity index (χ2v) is 4.91. The fourth-order valence-corrected chi connectivity index (χ4v) is 2.06. The molecule has 0 aliphatic heterocycles. The van der Waals surface area contributed by atoms with Crippen LogP contribution in [-0.4, -0.2) is 25.8 Å². The Hall–Kier alpha value is -1.89. The molecule has 0 amide bonds. The molecule has 0 saturated heterocycles. The number of aromatic carboxylic acids is 1. The summed E-state index contributed by atoms with van der Waals surface area (Å²) >= 11 is 3.21. The van der Waals surface area contributed by atoms with Gasteiger partial charge in [0.15, 0.2) is 0 Å². The number of aromatic nitrogens is 3. The van der Waals surface area contributed by atoms with E-state index in [-0.39, 0.29) is 5.56 Å². The molecule has 100 valence electrons. The molecule has 7 heteroatoms. The van der Waals surface area contributed by atoms with E-state index in [9.17, 15) is 9.90 Å². The first-order chi connectivity index (χ1) is 9.01. The standard InChI is InChI=1S/C12H13BrN4O2/c1-3-9-10(6-17(2)16-9)15-11-8(12(18)19)4-7(13)5-14-11/h4-6H,3H2,1-2H3,(H,14,15)(H,18,19). The van der Waals surface area contributed by atoms with E-state index in [2.05, 4.69) is 31.3 Å². The summed E-state index contributed by atoms with van der Waals surface area (Å²) in [4.78, 5) is 15.3. The van der Waals surface area contributed by atoms with Crippen molar-refractivity contribution < 1.29 is 9.90 Å². The summed E-state index contributed by atoms with van der Waals surface area (Å²) in [5, 5.41) is 16.5. The van der Waals surface area contributed by atoms with Gasteiger partial charge in [-0.15, -0.1) is 0 Å². The zero-order chi connectivity index (χ0) is 14.0. The van der Waals surface area contributed by atoms with Gasteiger partial charge in [0.2, 0.25) is 0 Å². The largest absolute Gasteiger partial charge is 0.478 e. The van der Waals surface area contributed by atoms with Crippen LogP contribution in [0.4, 0.5) is 11.5 Å². The molecule has 0 aliphatic rings. The normalized spacial score (nSPS) is 10.5. The smallest absolute Gasteiger partial charge is 0.339 e. The zero-order valence-corrected chi connectivity index (χ0v) is 12.1. The molecule has 0 spiro atoms. The van der Waals surface area contributed by atoms with E-state index < -0.39 is 5.97 Å². The van der Waals surface area contributed by atoms with Crippen molar-refractivity contribution in [2.24, 2.45) is 7.05 Å². The topological polar surface area (TPSA) is 80.0 Å². The minimum atomic E-state index is -1.03. The number of halogens is 1. The number of anilines is 2. The van der Waals surface area contributed by atoms with Gasteiger partial charge in [-0.2, -0.15) is 5.10 Å². The van der Waals surface area contributed by atoms with Crippen LogP contribution in [0.25, 0.3) is 0 Å². The van der Waals surface area contributed by atoms with Gasteiger partial charge >= 0.3 is 5.97 Å². The lowest BCUT2D eigenvalue weighted by Crippen LogP contribution is -2.05. The number of hydrogen-bond donors (Lipinski definition) is 2. The van der Waals surface area contributed by atoms with Gasteiger partial charge in [0.05, 0.1) is 11.4 Å². The van der Waals surface area contributed by atoms with Gasteiger partial charge in [0.25, 0.3) is 0 Å². The summed E-state index contributed by atoms with van der Waals surface area (Å²) in [5.74, 6) is -0.725. The molecule has 0 aliphatic carbocycles. The second kappa shape index (κ2) is 5.40. The van der Waals surface area contributed by atoms with Gasteiger partial charge in [-0.25, -0.2) is 9.78 Å². The fraction of sp³-hybridized carbons (Fsp3) is 0.250. The molecular weight excluding hydrogens is 312 g/mol. The number of carbonyl (C=O) groups is 1. The van der Waals surface area contributed by atoms with Crippen molar-refractivity contribution in [1.82, 2.24) is 14.8 Å². The predicted molar refractivity (Wildman–Crippen MR) is 74.8 cm³/mol. The van der Waals surface area contributed by atoms with Crippen molar-refractivity contribution >= 4 is 33.4 Å². The molecule has 6 nitrogen and oxygen atoms in total. The molecule has 0 radical (unpaired) electrons. The molecule has 0 fully saturated rings. The SMILES string of the molecule is CCc1nn(C)cc1Nc1ncc(Br)cc1C(=O)O. The van der Waals surface area contributed by atoms with E-state index in [0.717, 1.165) is 17.8 Å². The molecule has 2 aromatic rings. The highest BCUT2D eigenvalue weighted by Crippen LogP contribution is 2.24. The molecule has 2 aromatic heterocycles. The Morgan fingerprint density at radius 3 is 2.95 bits per heavy atom. The highest BCUT2D eigenvalue weighted by atomic mass is 79.9. The van der Waals surface area contributed by atoms with E-state index in [1.807, 2.05) is 14.0 Å². The van der Waals surface area contributed by atoms with Crippen LogP contribution in [0.2, 0.25) is 0 Å². The van der Waals surface area contributed by atoms with Crippen molar-refractivity contribution in [3.8, 4) is 0 Å². The first-order valence-corrected chi connectivity index (χ1v) is 6.49. The number of carboxylic acid groups (broad SMARTS) is 1.